The highest BCUT2D eigenvalue weighted by Gasteiger charge is 2.31. The van der Waals surface area contributed by atoms with E-state index in [0.717, 1.165) is 11.8 Å². The van der Waals surface area contributed by atoms with Gasteiger partial charge >= 0.3 is 0 Å². The van der Waals surface area contributed by atoms with E-state index in [1.807, 2.05) is 0 Å². The van der Waals surface area contributed by atoms with Crippen molar-refractivity contribution in [2.75, 3.05) is 13.1 Å². The predicted molar refractivity (Wildman–Crippen MR) is 72.7 cm³/mol. The molecule has 1 rings (SSSR count). The normalized spacial score (nSPS) is 27.0. The summed E-state index contributed by atoms with van der Waals surface area (Å²) in [4.78, 5) is 0. The molecular formula is C15H31N. The molecule has 96 valence electrons. The third-order valence-corrected chi connectivity index (χ3v) is 4.49. The molecule has 0 atom stereocenters. The summed E-state index contributed by atoms with van der Waals surface area (Å²) < 4.78 is 0. The maximum Gasteiger partial charge on any atom is -0.00437 e. The van der Waals surface area contributed by atoms with Crippen LogP contribution < -0.4 is 5.32 Å². The first-order valence-electron chi connectivity index (χ1n) is 7.27. The number of hydrogen-bond acceptors (Lipinski definition) is 1. The van der Waals surface area contributed by atoms with Crippen molar-refractivity contribution in [3.63, 3.8) is 0 Å². The first-order valence-corrected chi connectivity index (χ1v) is 7.27. The van der Waals surface area contributed by atoms with Crippen molar-refractivity contribution in [1.29, 1.82) is 0 Å². The van der Waals surface area contributed by atoms with Gasteiger partial charge in [0.1, 0.15) is 0 Å². The van der Waals surface area contributed by atoms with Gasteiger partial charge in [-0.3, -0.25) is 0 Å². The quantitative estimate of drug-likeness (QED) is 0.667. The Bertz CT molecular complexity index is 178. The lowest BCUT2D eigenvalue weighted by Crippen LogP contribution is -2.31. The second kappa shape index (κ2) is 6.64. The predicted octanol–water partition coefficient (Wildman–Crippen LogP) is 4.23. The Balaban J connectivity index is 2.26. The molecule has 0 saturated heterocycles. The Morgan fingerprint density at radius 1 is 1.06 bits per heavy atom. The lowest BCUT2D eigenvalue weighted by Gasteiger charge is -2.39. The maximum absolute atomic E-state index is 3.54. The summed E-state index contributed by atoms with van der Waals surface area (Å²) in [6.07, 6.45) is 8.42. The monoisotopic (exact) mass is 225 g/mol. The highest BCUT2D eigenvalue weighted by atomic mass is 14.8. The Kier molecular flexibility index (Phi) is 5.82. The van der Waals surface area contributed by atoms with Gasteiger partial charge in [-0.2, -0.15) is 0 Å². The molecule has 1 heteroatoms. The van der Waals surface area contributed by atoms with Crippen molar-refractivity contribution in [3.8, 4) is 0 Å². The Hall–Kier alpha value is -0.0400. The molecule has 0 spiro atoms. The van der Waals surface area contributed by atoms with Crippen molar-refractivity contribution < 1.29 is 0 Å². The third kappa shape index (κ3) is 4.45. The van der Waals surface area contributed by atoms with Gasteiger partial charge in [0.05, 0.1) is 0 Å². The molecule has 1 nitrogen and oxygen atoms in total. The average Bonchev–Trinajstić information content (AvgIpc) is 2.25. The minimum Gasteiger partial charge on any atom is -0.317 e. The second-order valence-corrected chi connectivity index (χ2v) is 6.45. The Morgan fingerprint density at radius 2 is 1.69 bits per heavy atom. The van der Waals surface area contributed by atoms with E-state index in [1.54, 1.807) is 0 Å². The third-order valence-electron chi connectivity index (χ3n) is 4.49. The van der Waals surface area contributed by atoms with Crippen LogP contribution in [0, 0.1) is 17.3 Å². The fourth-order valence-electron chi connectivity index (χ4n) is 2.96. The fraction of sp³-hybridized carbons (Fsp3) is 1.00. The molecule has 1 N–H and O–H groups in total. The zero-order chi connectivity index (χ0) is 12.0. The summed E-state index contributed by atoms with van der Waals surface area (Å²) in [5, 5.41) is 3.54. The Labute approximate surface area is 102 Å². The Morgan fingerprint density at radius 3 is 2.25 bits per heavy atom. The van der Waals surface area contributed by atoms with Crippen molar-refractivity contribution in [3.05, 3.63) is 0 Å². The van der Waals surface area contributed by atoms with E-state index in [1.165, 1.54) is 51.6 Å². The van der Waals surface area contributed by atoms with E-state index < -0.39 is 0 Å². The highest BCUT2D eigenvalue weighted by Crippen LogP contribution is 2.41. The van der Waals surface area contributed by atoms with Gasteiger partial charge in [-0.15, -0.1) is 0 Å². The summed E-state index contributed by atoms with van der Waals surface area (Å²) in [6.45, 7) is 12.0. The summed E-state index contributed by atoms with van der Waals surface area (Å²) in [6, 6.07) is 0. The van der Waals surface area contributed by atoms with Crippen LogP contribution >= 0.6 is 0 Å². The van der Waals surface area contributed by atoms with Crippen LogP contribution in [-0.4, -0.2) is 13.1 Å². The van der Waals surface area contributed by atoms with Crippen LogP contribution in [0.25, 0.3) is 0 Å². The maximum atomic E-state index is 3.54. The summed E-state index contributed by atoms with van der Waals surface area (Å²) in [7, 11) is 0. The number of hydrogen-bond donors (Lipinski definition) is 1. The van der Waals surface area contributed by atoms with Crippen LogP contribution in [0.1, 0.15) is 66.2 Å². The van der Waals surface area contributed by atoms with E-state index in [-0.39, 0.29) is 0 Å². The molecule has 0 aliphatic heterocycles. The molecule has 0 unspecified atom stereocenters. The smallest absolute Gasteiger partial charge is 0.00437 e. The fourth-order valence-corrected chi connectivity index (χ4v) is 2.96. The molecule has 1 aliphatic rings. The summed E-state index contributed by atoms with van der Waals surface area (Å²) in [5.41, 5.74) is 0.543. The molecule has 0 radical (unpaired) electrons. The average molecular weight is 225 g/mol. The van der Waals surface area contributed by atoms with Crippen LogP contribution in [-0.2, 0) is 0 Å². The molecule has 0 bridgehead atoms. The van der Waals surface area contributed by atoms with Crippen molar-refractivity contribution in [2.45, 2.75) is 66.2 Å². The largest absolute Gasteiger partial charge is 0.317 e. The van der Waals surface area contributed by atoms with Gasteiger partial charge < -0.3 is 5.32 Å². The molecule has 0 aromatic carbocycles. The molecule has 16 heavy (non-hydrogen) atoms. The van der Waals surface area contributed by atoms with Gasteiger partial charge in [0.25, 0.3) is 0 Å². The van der Waals surface area contributed by atoms with Crippen molar-refractivity contribution in [2.24, 2.45) is 17.3 Å². The topological polar surface area (TPSA) is 12.0 Å². The molecule has 1 saturated carbocycles. The number of nitrogens with one attached hydrogen (secondary N) is 1. The van der Waals surface area contributed by atoms with Gasteiger partial charge in [-0.05, 0) is 56.0 Å². The molecule has 0 aromatic heterocycles. The van der Waals surface area contributed by atoms with Gasteiger partial charge in [-0.1, -0.05) is 40.5 Å². The summed E-state index contributed by atoms with van der Waals surface area (Å²) >= 11 is 0. The van der Waals surface area contributed by atoms with E-state index in [0.29, 0.717) is 5.41 Å². The SMILES string of the molecule is CCCNCCC(C)(C)C1CCC(C)CC1. The van der Waals surface area contributed by atoms with Crippen LogP contribution in [0.2, 0.25) is 0 Å². The first-order chi connectivity index (χ1) is 7.56. The molecular weight excluding hydrogens is 194 g/mol. The zero-order valence-corrected chi connectivity index (χ0v) is 11.8. The number of rotatable bonds is 6. The van der Waals surface area contributed by atoms with Gasteiger partial charge in [0.15, 0.2) is 0 Å². The molecule has 0 aromatic rings. The molecule has 0 heterocycles. The lowest BCUT2D eigenvalue weighted by atomic mass is 9.67. The molecule has 1 aliphatic carbocycles. The molecule has 0 amide bonds. The first kappa shape index (κ1) is 14.0. The van der Waals surface area contributed by atoms with Gasteiger partial charge in [-0.25, -0.2) is 0 Å². The minimum atomic E-state index is 0.543. The standard InChI is InChI=1S/C15H31N/c1-5-11-16-12-10-15(3,4)14-8-6-13(2)7-9-14/h13-14,16H,5-12H2,1-4H3. The van der Waals surface area contributed by atoms with Crippen LogP contribution in [0.4, 0.5) is 0 Å². The lowest BCUT2D eigenvalue weighted by molar-refractivity contribution is 0.127. The minimum absolute atomic E-state index is 0.543. The van der Waals surface area contributed by atoms with Crippen LogP contribution in [0.5, 0.6) is 0 Å². The van der Waals surface area contributed by atoms with E-state index >= 15 is 0 Å². The van der Waals surface area contributed by atoms with Gasteiger partial charge in [0, 0.05) is 0 Å². The van der Waals surface area contributed by atoms with E-state index in [4.69, 9.17) is 0 Å². The zero-order valence-electron chi connectivity index (χ0n) is 11.8. The summed E-state index contributed by atoms with van der Waals surface area (Å²) in [5.74, 6) is 1.94. The van der Waals surface area contributed by atoms with Crippen molar-refractivity contribution >= 4 is 0 Å². The molecule has 1 fully saturated rings. The van der Waals surface area contributed by atoms with Crippen LogP contribution in [0.15, 0.2) is 0 Å². The van der Waals surface area contributed by atoms with Crippen molar-refractivity contribution in [1.82, 2.24) is 5.32 Å². The highest BCUT2D eigenvalue weighted by molar-refractivity contribution is 4.83. The van der Waals surface area contributed by atoms with Gasteiger partial charge in [0.2, 0.25) is 0 Å². The van der Waals surface area contributed by atoms with E-state index in [9.17, 15) is 0 Å². The van der Waals surface area contributed by atoms with E-state index in [2.05, 4.69) is 33.0 Å². The second-order valence-electron chi connectivity index (χ2n) is 6.45. The van der Waals surface area contributed by atoms with Crippen LogP contribution in [0.3, 0.4) is 0 Å².